The minimum atomic E-state index is -0.268. The molecule has 2 aliphatic rings. The fraction of sp³-hybridized carbons (Fsp3) is 0.556. The number of hydrogen-bond acceptors (Lipinski definition) is 3. The van der Waals surface area contributed by atoms with Gasteiger partial charge in [0.05, 0.1) is 17.0 Å². The first kappa shape index (κ1) is 15.6. The quantitative estimate of drug-likeness (QED) is 0.897. The summed E-state index contributed by atoms with van der Waals surface area (Å²) < 4.78 is 15.2. The number of aromatic nitrogens is 2. The Kier molecular flexibility index (Phi) is 3.79. The highest BCUT2D eigenvalue weighted by Crippen LogP contribution is 2.47. The predicted octanol–water partition coefficient (Wildman–Crippen LogP) is 1.74. The van der Waals surface area contributed by atoms with Gasteiger partial charge in [0, 0.05) is 26.1 Å². The molecule has 2 bridgehead atoms. The fourth-order valence-corrected chi connectivity index (χ4v) is 4.58. The average molecular weight is 330 g/mol. The number of hydrogen-bond donors (Lipinski definition) is 2. The van der Waals surface area contributed by atoms with Gasteiger partial charge in [-0.15, -0.1) is 0 Å². The molecule has 1 amide bonds. The van der Waals surface area contributed by atoms with E-state index in [2.05, 4.69) is 10.3 Å². The Bertz CT molecular complexity index is 785. The van der Waals surface area contributed by atoms with Crippen molar-refractivity contribution in [3.05, 3.63) is 29.8 Å². The Morgan fingerprint density at radius 3 is 2.96 bits per heavy atom. The van der Waals surface area contributed by atoms with E-state index in [9.17, 15) is 9.18 Å². The van der Waals surface area contributed by atoms with Crippen LogP contribution in [-0.2, 0) is 18.3 Å². The molecule has 4 atom stereocenters. The zero-order valence-electron chi connectivity index (χ0n) is 13.8. The molecule has 2 aromatic rings. The van der Waals surface area contributed by atoms with Crippen molar-refractivity contribution in [1.82, 2.24) is 14.9 Å². The number of rotatable bonds is 4. The molecular formula is C18H23FN4O. The second-order valence-electron chi connectivity index (χ2n) is 7.20. The van der Waals surface area contributed by atoms with E-state index in [1.807, 2.05) is 11.6 Å². The number of fused-ring (bicyclic) bond motifs is 3. The lowest BCUT2D eigenvalue weighted by Gasteiger charge is -2.26. The second-order valence-corrected chi connectivity index (χ2v) is 7.20. The van der Waals surface area contributed by atoms with Crippen LogP contribution in [0.5, 0.6) is 0 Å². The molecule has 5 nitrogen and oxygen atoms in total. The van der Waals surface area contributed by atoms with Gasteiger partial charge in [0.1, 0.15) is 11.6 Å². The Morgan fingerprint density at radius 1 is 1.42 bits per heavy atom. The van der Waals surface area contributed by atoms with Crippen molar-refractivity contribution in [3.8, 4) is 0 Å². The van der Waals surface area contributed by atoms with Gasteiger partial charge in [0.15, 0.2) is 0 Å². The SMILES string of the molecule is Cn1c(CCNC(=O)C2C3CCC(C3)C2N)nc2ccc(F)cc21. The summed E-state index contributed by atoms with van der Waals surface area (Å²) in [5.41, 5.74) is 7.77. The van der Waals surface area contributed by atoms with Crippen molar-refractivity contribution in [2.24, 2.45) is 30.5 Å². The van der Waals surface area contributed by atoms with Crippen LogP contribution in [-0.4, -0.2) is 28.0 Å². The lowest BCUT2D eigenvalue weighted by Crippen LogP contribution is -2.45. The van der Waals surface area contributed by atoms with Gasteiger partial charge in [-0.1, -0.05) is 0 Å². The van der Waals surface area contributed by atoms with Crippen LogP contribution >= 0.6 is 0 Å². The number of nitrogens with two attached hydrogens (primary N) is 1. The maximum Gasteiger partial charge on any atom is 0.224 e. The van der Waals surface area contributed by atoms with E-state index >= 15 is 0 Å². The summed E-state index contributed by atoms with van der Waals surface area (Å²) in [6.45, 7) is 0.527. The van der Waals surface area contributed by atoms with Gasteiger partial charge >= 0.3 is 0 Å². The molecule has 1 aromatic heterocycles. The topological polar surface area (TPSA) is 72.9 Å². The summed E-state index contributed by atoms with van der Waals surface area (Å²) in [4.78, 5) is 17.0. The summed E-state index contributed by atoms with van der Waals surface area (Å²) in [6.07, 6.45) is 4.03. The molecule has 2 saturated carbocycles. The monoisotopic (exact) mass is 330 g/mol. The number of aryl methyl sites for hydroxylation is 1. The van der Waals surface area contributed by atoms with Crippen molar-refractivity contribution in [3.63, 3.8) is 0 Å². The molecule has 0 aliphatic heterocycles. The smallest absolute Gasteiger partial charge is 0.224 e. The third-order valence-corrected chi connectivity index (χ3v) is 5.87. The van der Waals surface area contributed by atoms with Crippen LogP contribution in [0.1, 0.15) is 25.1 Å². The molecule has 4 rings (SSSR count). The molecule has 2 fully saturated rings. The second kappa shape index (κ2) is 5.84. The van der Waals surface area contributed by atoms with E-state index in [0.29, 0.717) is 24.8 Å². The Hall–Kier alpha value is -1.95. The molecule has 6 heteroatoms. The van der Waals surface area contributed by atoms with E-state index in [1.165, 1.54) is 18.6 Å². The largest absolute Gasteiger partial charge is 0.355 e. The lowest BCUT2D eigenvalue weighted by molar-refractivity contribution is -0.127. The molecule has 1 heterocycles. The van der Waals surface area contributed by atoms with Crippen molar-refractivity contribution in [2.75, 3.05) is 6.54 Å². The fourth-order valence-electron chi connectivity index (χ4n) is 4.58. The number of carbonyl (C=O) groups excluding carboxylic acids is 1. The van der Waals surface area contributed by atoms with Crippen LogP contribution in [0.25, 0.3) is 11.0 Å². The highest BCUT2D eigenvalue weighted by Gasteiger charge is 2.48. The highest BCUT2D eigenvalue weighted by molar-refractivity contribution is 5.80. The minimum Gasteiger partial charge on any atom is -0.355 e. The lowest BCUT2D eigenvalue weighted by atomic mass is 9.84. The zero-order valence-corrected chi connectivity index (χ0v) is 13.8. The number of nitrogens with zero attached hydrogens (tertiary/aromatic N) is 2. The van der Waals surface area contributed by atoms with Gasteiger partial charge in [-0.25, -0.2) is 9.37 Å². The number of carbonyl (C=O) groups is 1. The summed E-state index contributed by atoms with van der Waals surface area (Å²) in [5, 5.41) is 3.02. The molecule has 2 aliphatic carbocycles. The summed E-state index contributed by atoms with van der Waals surface area (Å²) >= 11 is 0. The third kappa shape index (κ3) is 2.49. The molecular weight excluding hydrogens is 307 g/mol. The van der Waals surface area contributed by atoms with Gasteiger partial charge in [-0.2, -0.15) is 0 Å². The van der Waals surface area contributed by atoms with Gasteiger partial charge in [0.2, 0.25) is 5.91 Å². The normalized spacial score (nSPS) is 28.6. The maximum absolute atomic E-state index is 13.4. The molecule has 0 saturated heterocycles. The molecule has 0 radical (unpaired) electrons. The predicted molar refractivity (Wildman–Crippen MR) is 89.7 cm³/mol. The van der Waals surface area contributed by atoms with E-state index in [-0.39, 0.29) is 23.7 Å². The molecule has 1 aromatic carbocycles. The first-order valence-electron chi connectivity index (χ1n) is 8.68. The van der Waals surface area contributed by atoms with Crippen LogP contribution in [0.2, 0.25) is 0 Å². The average Bonchev–Trinajstić information content (AvgIpc) is 3.22. The number of amides is 1. The summed E-state index contributed by atoms with van der Waals surface area (Å²) in [7, 11) is 1.87. The molecule has 128 valence electrons. The van der Waals surface area contributed by atoms with E-state index in [4.69, 9.17) is 5.73 Å². The number of nitrogens with one attached hydrogen (secondary N) is 1. The van der Waals surface area contributed by atoms with Crippen molar-refractivity contribution in [1.29, 1.82) is 0 Å². The van der Waals surface area contributed by atoms with Crippen LogP contribution in [0.4, 0.5) is 4.39 Å². The first-order valence-corrected chi connectivity index (χ1v) is 8.68. The standard InChI is InChI=1S/C18H23FN4O/c1-23-14-9-12(19)4-5-13(14)22-15(23)6-7-21-18(24)16-10-2-3-11(8-10)17(16)20/h4-5,9-11,16-17H,2-3,6-8,20H2,1H3,(H,21,24). The Labute approximate surface area is 140 Å². The van der Waals surface area contributed by atoms with Crippen LogP contribution in [0.15, 0.2) is 18.2 Å². The number of imidazole rings is 1. The molecule has 24 heavy (non-hydrogen) atoms. The van der Waals surface area contributed by atoms with Crippen LogP contribution < -0.4 is 11.1 Å². The van der Waals surface area contributed by atoms with E-state index in [1.54, 1.807) is 6.07 Å². The maximum atomic E-state index is 13.4. The zero-order chi connectivity index (χ0) is 16.8. The van der Waals surface area contributed by atoms with Crippen LogP contribution in [0, 0.1) is 23.6 Å². The Balaban J connectivity index is 1.39. The summed E-state index contributed by atoms with van der Waals surface area (Å²) in [5.74, 6) is 1.62. The highest BCUT2D eigenvalue weighted by atomic mass is 19.1. The molecule has 4 unspecified atom stereocenters. The number of benzene rings is 1. The van der Waals surface area contributed by atoms with Gasteiger partial charge < -0.3 is 15.6 Å². The Morgan fingerprint density at radius 2 is 2.21 bits per heavy atom. The minimum absolute atomic E-state index is 0.0162. The summed E-state index contributed by atoms with van der Waals surface area (Å²) in [6, 6.07) is 4.60. The van der Waals surface area contributed by atoms with Gasteiger partial charge in [-0.05, 0) is 49.3 Å². The van der Waals surface area contributed by atoms with Crippen molar-refractivity contribution in [2.45, 2.75) is 31.7 Å². The molecule has 0 spiro atoms. The van der Waals surface area contributed by atoms with Gasteiger partial charge in [-0.3, -0.25) is 4.79 Å². The van der Waals surface area contributed by atoms with Crippen molar-refractivity contribution >= 4 is 16.9 Å². The first-order chi connectivity index (χ1) is 11.5. The molecule has 3 N–H and O–H groups in total. The van der Waals surface area contributed by atoms with Gasteiger partial charge in [0.25, 0.3) is 0 Å². The third-order valence-electron chi connectivity index (χ3n) is 5.87. The number of halogens is 1. The van der Waals surface area contributed by atoms with Crippen molar-refractivity contribution < 1.29 is 9.18 Å². The van der Waals surface area contributed by atoms with Crippen LogP contribution in [0.3, 0.4) is 0 Å². The van der Waals surface area contributed by atoms with E-state index < -0.39 is 0 Å². The van der Waals surface area contributed by atoms with E-state index in [0.717, 1.165) is 29.7 Å².